The molecule has 0 aliphatic carbocycles. The van der Waals surface area contributed by atoms with Gasteiger partial charge in [-0.05, 0) is 19.9 Å². The van der Waals surface area contributed by atoms with E-state index in [0.29, 0.717) is 0 Å². The molecule has 58 valence electrons. The molecule has 0 bridgehead atoms. The van der Waals surface area contributed by atoms with Crippen LogP contribution in [0, 0.1) is 0 Å². The quantitative estimate of drug-likeness (QED) is 0.438. The van der Waals surface area contributed by atoms with E-state index >= 15 is 0 Å². The second-order valence-electron chi connectivity index (χ2n) is 1.93. The minimum Gasteiger partial charge on any atom is -0.480 e. The first-order valence-electron chi connectivity index (χ1n) is 3.31. The van der Waals surface area contributed by atoms with E-state index in [0.717, 1.165) is 13.0 Å². The van der Waals surface area contributed by atoms with E-state index in [2.05, 4.69) is 5.32 Å². The fourth-order valence-corrected chi connectivity index (χ4v) is 0.547. The van der Waals surface area contributed by atoms with E-state index in [-0.39, 0.29) is 6.54 Å². The molecule has 0 saturated carbocycles. The summed E-state index contributed by atoms with van der Waals surface area (Å²) in [6.07, 6.45) is 4.83. The molecule has 0 spiro atoms. The lowest BCUT2D eigenvalue weighted by Crippen LogP contribution is -2.22. The summed E-state index contributed by atoms with van der Waals surface area (Å²) in [6, 6.07) is 0. The van der Waals surface area contributed by atoms with Gasteiger partial charge in [-0.25, -0.2) is 0 Å². The monoisotopic (exact) mass is 143 g/mol. The van der Waals surface area contributed by atoms with Crippen LogP contribution in [-0.4, -0.2) is 24.2 Å². The Labute approximate surface area is 60.7 Å². The average Bonchev–Trinajstić information content (AvgIpc) is 1.87. The van der Waals surface area contributed by atoms with Crippen molar-refractivity contribution in [3.63, 3.8) is 0 Å². The van der Waals surface area contributed by atoms with Crippen LogP contribution in [0.15, 0.2) is 12.2 Å². The van der Waals surface area contributed by atoms with Crippen LogP contribution in [0.25, 0.3) is 0 Å². The highest BCUT2D eigenvalue weighted by Gasteiger charge is 1.91. The maximum absolute atomic E-state index is 9.95. The molecule has 10 heavy (non-hydrogen) atoms. The van der Waals surface area contributed by atoms with Gasteiger partial charge in [-0.15, -0.1) is 0 Å². The molecule has 0 rings (SSSR count). The van der Waals surface area contributed by atoms with Crippen LogP contribution in [-0.2, 0) is 4.79 Å². The zero-order chi connectivity index (χ0) is 7.82. The van der Waals surface area contributed by atoms with Gasteiger partial charge in [0.15, 0.2) is 0 Å². The van der Waals surface area contributed by atoms with Gasteiger partial charge < -0.3 is 10.4 Å². The summed E-state index contributed by atoms with van der Waals surface area (Å²) >= 11 is 0. The average molecular weight is 143 g/mol. The first-order valence-corrected chi connectivity index (χ1v) is 3.31. The van der Waals surface area contributed by atoms with Gasteiger partial charge in [-0.1, -0.05) is 12.2 Å². The molecule has 0 unspecified atom stereocenters. The number of allylic oxidation sites excluding steroid dienone is 1. The van der Waals surface area contributed by atoms with E-state index in [1.165, 1.54) is 0 Å². The Balaban J connectivity index is 2.98. The highest BCUT2D eigenvalue weighted by atomic mass is 16.4. The molecule has 3 nitrogen and oxygen atoms in total. The van der Waals surface area contributed by atoms with Crippen molar-refractivity contribution in [2.45, 2.75) is 13.3 Å². The summed E-state index contributed by atoms with van der Waals surface area (Å²) < 4.78 is 0. The van der Waals surface area contributed by atoms with Crippen LogP contribution in [0.5, 0.6) is 0 Å². The topological polar surface area (TPSA) is 49.3 Å². The summed E-state index contributed by atoms with van der Waals surface area (Å²) in [7, 11) is 0. The fraction of sp³-hybridized carbons (Fsp3) is 0.571. The number of rotatable bonds is 5. The first kappa shape index (κ1) is 9.17. The van der Waals surface area contributed by atoms with E-state index in [4.69, 9.17) is 5.11 Å². The molecule has 0 aromatic carbocycles. The van der Waals surface area contributed by atoms with Gasteiger partial charge in [-0.3, -0.25) is 4.79 Å². The van der Waals surface area contributed by atoms with Crippen molar-refractivity contribution in [3.8, 4) is 0 Å². The van der Waals surface area contributed by atoms with Crippen molar-refractivity contribution >= 4 is 5.97 Å². The van der Waals surface area contributed by atoms with Gasteiger partial charge in [0.05, 0.1) is 6.54 Å². The van der Waals surface area contributed by atoms with Gasteiger partial charge >= 0.3 is 5.97 Å². The lowest BCUT2D eigenvalue weighted by molar-refractivity contribution is -0.135. The Hall–Kier alpha value is -0.830. The fourth-order valence-electron chi connectivity index (χ4n) is 0.547. The van der Waals surface area contributed by atoms with Crippen LogP contribution < -0.4 is 5.32 Å². The maximum Gasteiger partial charge on any atom is 0.317 e. The van der Waals surface area contributed by atoms with Gasteiger partial charge in [0.1, 0.15) is 0 Å². The number of carboxylic acids is 1. The number of aliphatic carboxylic acids is 1. The Morgan fingerprint density at radius 1 is 1.70 bits per heavy atom. The van der Waals surface area contributed by atoms with Crippen molar-refractivity contribution in [2.24, 2.45) is 0 Å². The largest absolute Gasteiger partial charge is 0.480 e. The summed E-state index contributed by atoms with van der Waals surface area (Å²) in [5.41, 5.74) is 0. The minimum absolute atomic E-state index is 0.0531. The van der Waals surface area contributed by atoms with E-state index in [1.54, 1.807) is 0 Å². The molecule has 0 aromatic rings. The molecular weight excluding hydrogens is 130 g/mol. The number of carboxylic acid groups (broad SMARTS) is 1. The highest BCUT2D eigenvalue weighted by Crippen LogP contribution is 1.78. The number of hydrogen-bond acceptors (Lipinski definition) is 2. The van der Waals surface area contributed by atoms with E-state index in [9.17, 15) is 4.79 Å². The third-order valence-corrected chi connectivity index (χ3v) is 1.000. The summed E-state index contributed by atoms with van der Waals surface area (Å²) in [6.45, 7) is 2.73. The minimum atomic E-state index is -0.805. The standard InChI is InChI=1S/C7H13NO2/c1-2-3-4-5-8-6-7(9)10/h2-3,8H,4-6H2,1H3,(H,9,10)/b3-2+. The Bertz CT molecular complexity index is 121. The molecule has 3 heteroatoms. The molecule has 0 amide bonds. The lowest BCUT2D eigenvalue weighted by Gasteiger charge is -1.95. The van der Waals surface area contributed by atoms with Crippen molar-refractivity contribution in [2.75, 3.05) is 13.1 Å². The third kappa shape index (κ3) is 7.17. The number of carbonyl (C=O) groups is 1. The third-order valence-electron chi connectivity index (χ3n) is 1.000. The van der Waals surface area contributed by atoms with Crippen LogP contribution in [0.4, 0.5) is 0 Å². The van der Waals surface area contributed by atoms with Crippen molar-refractivity contribution in [1.82, 2.24) is 5.32 Å². The summed E-state index contributed by atoms with van der Waals surface area (Å²) in [5, 5.41) is 11.0. The van der Waals surface area contributed by atoms with E-state index < -0.39 is 5.97 Å². The molecule has 0 aliphatic rings. The van der Waals surface area contributed by atoms with Gasteiger partial charge in [0, 0.05) is 0 Å². The maximum atomic E-state index is 9.95. The van der Waals surface area contributed by atoms with Crippen molar-refractivity contribution < 1.29 is 9.90 Å². The Kier molecular flexibility index (Phi) is 5.77. The molecule has 0 aromatic heterocycles. The van der Waals surface area contributed by atoms with Crippen LogP contribution in [0.3, 0.4) is 0 Å². The second kappa shape index (κ2) is 6.29. The number of nitrogens with one attached hydrogen (secondary N) is 1. The van der Waals surface area contributed by atoms with Crippen LogP contribution in [0.1, 0.15) is 13.3 Å². The lowest BCUT2D eigenvalue weighted by atomic mass is 10.4. The molecule has 0 aliphatic heterocycles. The van der Waals surface area contributed by atoms with Crippen LogP contribution in [0.2, 0.25) is 0 Å². The zero-order valence-electron chi connectivity index (χ0n) is 6.13. The van der Waals surface area contributed by atoms with Gasteiger partial charge in [-0.2, -0.15) is 0 Å². The molecule has 2 N–H and O–H groups in total. The van der Waals surface area contributed by atoms with Gasteiger partial charge in [0.2, 0.25) is 0 Å². The second-order valence-corrected chi connectivity index (χ2v) is 1.93. The van der Waals surface area contributed by atoms with Crippen molar-refractivity contribution in [3.05, 3.63) is 12.2 Å². The van der Waals surface area contributed by atoms with Crippen LogP contribution >= 0.6 is 0 Å². The Morgan fingerprint density at radius 3 is 2.90 bits per heavy atom. The summed E-state index contributed by atoms with van der Waals surface area (Å²) in [5.74, 6) is -0.805. The zero-order valence-corrected chi connectivity index (χ0v) is 6.13. The predicted molar refractivity (Wildman–Crippen MR) is 39.9 cm³/mol. The normalized spacial score (nSPS) is 10.5. The smallest absolute Gasteiger partial charge is 0.317 e. The molecule has 0 radical (unpaired) electrons. The molecule has 0 fully saturated rings. The molecular formula is C7H13NO2. The van der Waals surface area contributed by atoms with Crippen molar-refractivity contribution in [1.29, 1.82) is 0 Å². The predicted octanol–water partition coefficient (Wildman–Crippen LogP) is 0.627. The molecule has 0 atom stereocenters. The summed E-state index contributed by atoms with van der Waals surface area (Å²) in [4.78, 5) is 9.95. The molecule has 0 saturated heterocycles. The Morgan fingerprint density at radius 2 is 2.40 bits per heavy atom. The van der Waals surface area contributed by atoms with Gasteiger partial charge in [0.25, 0.3) is 0 Å². The highest BCUT2D eigenvalue weighted by molar-refractivity contribution is 5.68. The SMILES string of the molecule is C/C=C/CCNCC(=O)O. The first-order chi connectivity index (χ1) is 4.77. The van der Waals surface area contributed by atoms with E-state index in [1.807, 2.05) is 19.1 Å². The molecule has 0 heterocycles. The number of hydrogen-bond donors (Lipinski definition) is 2.